The molecule has 0 bridgehead atoms. The summed E-state index contributed by atoms with van der Waals surface area (Å²) in [6.45, 7) is 0. The van der Waals surface area contributed by atoms with Gasteiger partial charge in [-0.3, -0.25) is 0 Å². The molecule has 0 heterocycles. The van der Waals surface area contributed by atoms with Crippen LogP contribution >= 0.6 is 0 Å². The monoisotopic (exact) mass is 218 g/mol. The molecule has 0 saturated carbocycles. The maximum absolute atomic E-state index is 10.7. The maximum atomic E-state index is 10.7. The molecule has 1 N–H and O–H groups in total. The van der Waals surface area contributed by atoms with E-state index in [0.29, 0.717) is 0 Å². The first-order valence-electron chi connectivity index (χ1n) is 4.01. The van der Waals surface area contributed by atoms with Crippen LogP contribution in [0, 0.1) is 20.2 Å². The van der Waals surface area contributed by atoms with E-state index in [9.17, 15) is 25.0 Å². The third-order valence-corrected chi connectivity index (χ3v) is 1.84. The van der Waals surface area contributed by atoms with Crippen molar-refractivity contribution in [1.82, 2.24) is 0 Å². The van der Waals surface area contributed by atoms with Crippen molar-refractivity contribution in [3.63, 3.8) is 0 Å². The molecule has 0 aromatic heterocycles. The van der Waals surface area contributed by atoms with Gasteiger partial charge in [0, 0.05) is 0 Å². The quantitative estimate of drug-likeness (QED) is 0.432. The first-order chi connectivity index (χ1) is 7.34. The van der Waals surface area contributed by atoms with Crippen LogP contribution in [0.2, 0.25) is 0 Å². The molecule has 1 aromatic rings. The van der Waals surface area contributed by atoms with E-state index < -0.39 is 32.8 Å². The molecule has 0 aliphatic carbocycles. The zero-order valence-electron chi connectivity index (χ0n) is 8.04. The fourth-order valence-corrected chi connectivity index (χ4v) is 1.25. The second-order valence-corrected chi connectivity index (χ2v) is 3.00. The third kappa shape index (κ3) is 2.18. The third-order valence-electron chi connectivity index (χ3n) is 1.84. The number of hydrogen-bond donors (Lipinski definition) is 1. The summed E-state index contributed by atoms with van der Waals surface area (Å²) in [6.07, 6.45) is 0. The predicted molar refractivity (Wildman–Crippen MR) is 52.1 cm³/mol. The van der Waals surface area contributed by atoms with E-state index in [-0.39, 0.29) is 4.24 Å². The van der Waals surface area contributed by atoms with Crippen molar-refractivity contribution < 1.29 is 19.7 Å². The van der Waals surface area contributed by atoms with Crippen LogP contribution in [0.25, 0.3) is 0 Å². The molecule has 0 aliphatic rings. The number of carboxylic acid groups (broad SMARTS) is 1. The Labute approximate surface area is 97.4 Å². The summed E-state index contributed by atoms with van der Waals surface area (Å²) in [7, 11) is 0. The van der Waals surface area contributed by atoms with Gasteiger partial charge in [-0.1, -0.05) is 0 Å². The van der Waals surface area contributed by atoms with Crippen LogP contribution in [0.5, 0.6) is 0 Å². The number of nitro benzene ring substituents is 2. The van der Waals surface area contributed by atoms with E-state index >= 15 is 0 Å². The van der Waals surface area contributed by atoms with Gasteiger partial charge in [0.25, 0.3) is 0 Å². The molecule has 1 rings (SSSR count). The fraction of sp³-hybridized carbons (Fsp3) is 0. The number of nitrogens with zero attached hydrogens (tertiary/aromatic N) is 2. The molecule has 0 aliphatic heterocycles. The van der Waals surface area contributed by atoms with Crippen LogP contribution in [-0.4, -0.2) is 38.6 Å². The van der Waals surface area contributed by atoms with Crippen LogP contribution < -0.4 is 4.24 Å². The topological polar surface area (TPSA) is 124 Å². The summed E-state index contributed by atoms with van der Waals surface area (Å²) in [5.41, 5.74) is -2.50. The number of carbonyl (C=O) groups is 1. The van der Waals surface area contributed by atoms with Crippen molar-refractivity contribution in [1.29, 1.82) is 0 Å². The van der Waals surface area contributed by atoms with Crippen molar-refractivity contribution in [2.75, 3.05) is 0 Å². The second kappa shape index (κ2) is 4.30. The average molecular weight is 218 g/mol. The van der Waals surface area contributed by atoms with Crippen LogP contribution in [0.1, 0.15) is 10.4 Å². The van der Waals surface area contributed by atoms with Gasteiger partial charge in [0.2, 0.25) is 0 Å². The van der Waals surface area contributed by atoms with Gasteiger partial charge >= 0.3 is 97.0 Å². The zero-order chi connectivity index (χ0) is 12.5. The number of nitro groups is 2. The summed E-state index contributed by atoms with van der Waals surface area (Å²) in [5.74, 6) is -1.57. The Balaban J connectivity index is 3.67. The summed E-state index contributed by atoms with van der Waals surface area (Å²) in [4.78, 5) is 29.8. The number of hydrogen-bond acceptors (Lipinski definition) is 5. The van der Waals surface area contributed by atoms with E-state index in [1.54, 1.807) is 0 Å². The Kier molecular flexibility index (Phi) is 3.27. The Morgan fingerprint density at radius 2 is 1.81 bits per heavy atom. The van der Waals surface area contributed by atoms with E-state index in [1.807, 2.05) is 0 Å². The molecule has 0 spiro atoms. The molecule has 9 heteroatoms. The first kappa shape index (κ1) is 12.2. The van der Waals surface area contributed by atoms with Gasteiger partial charge in [-0.25, -0.2) is 0 Å². The van der Waals surface area contributed by atoms with Crippen molar-refractivity contribution >= 4 is 39.3 Å². The van der Waals surface area contributed by atoms with E-state index in [1.165, 1.54) is 17.7 Å². The van der Waals surface area contributed by atoms with Crippen LogP contribution in [0.4, 0.5) is 11.4 Å². The van der Waals surface area contributed by atoms with Gasteiger partial charge in [0.05, 0.1) is 0 Å². The number of rotatable bonds is 3. The molecule has 0 unspecified atom stereocenters. The average Bonchev–Trinajstić information content (AvgIpc) is 2.15. The molecular formula is C7H3LiN2O6. The molecule has 0 amide bonds. The van der Waals surface area contributed by atoms with Crippen molar-refractivity contribution in [2.24, 2.45) is 0 Å². The number of aromatic carboxylic acids is 1. The Bertz CT molecular complexity index is 465. The summed E-state index contributed by atoms with van der Waals surface area (Å²) >= 11 is 1.42. The molecular weight excluding hydrogens is 215 g/mol. The molecule has 0 radical (unpaired) electrons. The van der Waals surface area contributed by atoms with Crippen LogP contribution in [-0.2, 0) is 0 Å². The van der Waals surface area contributed by atoms with Gasteiger partial charge in [-0.05, 0) is 0 Å². The van der Waals surface area contributed by atoms with Crippen molar-refractivity contribution in [3.8, 4) is 0 Å². The van der Waals surface area contributed by atoms with E-state index in [0.717, 1.165) is 12.1 Å². The van der Waals surface area contributed by atoms with Gasteiger partial charge in [-0.2, -0.15) is 0 Å². The summed E-state index contributed by atoms with van der Waals surface area (Å²) < 4.78 is 0.273. The fourth-order valence-electron chi connectivity index (χ4n) is 1.25. The summed E-state index contributed by atoms with van der Waals surface area (Å²) in [6, 6.07) is 1.98. The Morgan fingerprint density at radius 3 is 2.19 bits per heavy atom. The molecule has 0 atom stereocenters. The molecule has 16 heavy (non-hydrogen) atoms. The molecule has 0 fully saturated rings. The number of carboxylic acids is 1. The molecule has 8 nitrogen and oxygen atoms in total. The van der Waals surface area contributed by atoms with Crippen molar-refractivity contribution in [2.45, 2.75) is 0 Å². The number of benzene rings is 1. The van der Waals surface area contributed by atoms with Crippen LogP contribution in [0.15, 0.2) is 12.1 Å². The Hall–Kier alpha value is -1.91. The molecule has 1 aromatic carbocycles. The second-order valence-electron chi connectivity index (χ2n) is 3.00. The standard InChI is InChI=1S/C7H3N2O6.Li/c10-7(11)4-2-1-3-5(8(12)13)6(4)9(14)15;/h2-3H,(H,10,11);. The first-order valence-corrected chi connectivity index (χ1v) is 4.01. The normalized spacial score (nSPS) is 9.88. The summed E-state index contributed by atoms with van der Waals surface area (Å²) in [5, 5.41) is 29.9. The van der Waals surface area contributed by atoms with Gasteiger partial charge in [0.15, 0.2) is 0 Å². The SMILES string of the molecule is [Li][c]1cc(C(=O)O)c([N+](=O)[O-])c([N+](=O)[O-])c1. The molecule has 0 saturated heterocycles. The van der Waals surface area contributed by atoms with E-state index in [4.69, 9.17) is 5.11 Å². The minimum absolute atomic E-state index is 0.273. The van der Waals surface area contributed by atoms with Gasteiger partial charge < -0.3 is 0 Å². The predicted octanol–water partition coefficient (Wildman–Crippen LogP) is -0.00500. The zero-order valence-corrected chi connectivity index (χ0v) is 8.04. The molecule has 78 valence electrons. The Morgan fingerprint density at radius 1 is 1.25 bits per heavy atom. The van der Waals surface area contributed by atoms with Gasteiger partial charge in [-0.15, -0.1) is 0 Å². The minimum atomic E-state index is -1.57. The van der Waals surface area contributed by atoms with E-state index in [2.05, 4.69) is 0 Å². The van der Waals surface area contributed by atoms with Crippen LogP contribution in [0.3, 0.4) is 0 Å². The van der Waals surface area contributed by atoms with Gasteiger partial charge in [0.1, 0.15) is 0 Å². The van der Waals surface area contributed by atoms with Crippen molar-refractivity contribution in [3.05, 3.63) is 37.9 Å².